The first-order chi connectivity index (χ1) is 12.1. The number of sulfonamides is 1. The van der Waals surface area contributed by atoms with Crippen molar-refractivity contribution in [3.63, 3.8) is 0 Å². The maximum atomic E-state index is 12.1. The zero-order chi connectivity index (χ0) is 19.4. The summed E-state index contributed by atoms with van der Waals surface area (Å²) >= 11 is 0. The van der Waals surface area contributed by atoms with Crippen molar-refractivity contribution in [1.29, 1.82) is 0 Å². The number of aromatic amines is 1. The van der Waals surface area contributed by atoms with E-state index in [0.717, 1.165) is 24.3 Å². The molecule has 0 saturated heterocycles. The van der Waals surface area contributed by atoms with E-state index in [1.165, 1.54) is 12.3 Å². The van der Waals surface area contributed by atoms with Gasteiger partial charge >= 0.3 is 6.18 Å². The molecule has 0 aliphatic heterocycles. The number of halogens is 3. The number of benzene rings is 1. The lowest BCUT2D eigenvalue weighted by Crippen LogP contribution is -2.41. The van der Waals surface area contributed by atoms with Gasteiger partial charge in [0.2, 0.25) is 0 Å². The number of H-pyrrole nitrogens is 1. The molecule has 0 saturated carbocycles. The summed E-state index contributed by atoms with van der Waals surface area (Å²) in [6.07, 6.45) is -3.08. The number of amides is 2. The molecule has 0 fully saturated rings. The lowest BCUT2D eigenvalue weighted by Gasteiger charge is -2.10. The van der Waals surface area contributed by atoms with Crippen molar-refractivity contribution in [2.24, 2.45) is 0 Å². The van der Waals surface area contributed by atoms with Crippen LogP contribution in [0.3, 0.4) is 0 Å². The highest BCUT2D eigenvalue weighted by atomic mass is 32.2. The molecule has 1 aromatic carbocycles. The lowest BCUT2D eigenvalue weighted by atomic mass is 10.2. The third-order valence-corrected chi connectivity index (χ3v) is 4.28. The number of carbonyl (C=O) groups is 2. The fourth-order valence-electron chi connectivity index (χ4n) is 1.78. The summed E-state index contributed by atoms with van der Waals surface area (Å²) in [7, 11) is -4.13. The van der Waals surface area contributed by atoms with Gasteiger partial charge in [0.1, 0.15) is 12.2 Å². The monoisotopic (exact) mass is 390 g/mol. The van der Waals surface area contributed by atoms with Crippen molar-refractivity contribution in [1.82, 2.24) is 20.6 Å². The zero-order valence-corrected chi connectivity index (χ0v) is 13.7. The summed E-state index contributed by atoms with van der Waals surface area (Å²) in [5.41, 5.74) is 1.97. The summed E-state index contributed by atoms with van der Waals surface area (Å²) in [6.45, 7) is -1.50. The molecule has 2 aromatic rings. The van der Waals surface area contributed by atoms with E-state index >= 15 is 0 Å². The highest BCUT2D eigenvalue weighted by Gasteiger charge is 2.28. The Morgan fingerprint density at radius 3 is 2.23 bits per heavy atom. The largest absolute Gasteiger partial charge is 0.405 e. The molecule has 0 atom stereocenters. The first kappa shape index (κ1) is 19.5. The van der Waals surface area contributed by atoms with E-state index in [2.05, 4.69) is 4.98 Å². The zero-order valence-electron chi connectivity index (χ0n) is 12.9. The second kappa shape index (κ2) is 7.58. The quantitative estimate of drug-likeness (QED) is 0.549. The molecule has 0 bridgehead atoms. The fraction of sp³-hybridized carbons (Fsp3) is 0.143. The maximum Gasteiger partial charge on any atom is 0.405 e. The molecule has 0 aliphatic rings. The van der Waals surface area contributed by atoms with Gasteiger partial charge in [0.05, 0.1) is 4.90 Å². The van der Waals surface area contributed by atoms with Crippen molar-refractivity contribution in [2.45, 2.75) is 11.1 Å². The van der Waals surface area contributed by atoms with Gasteiger partial charge in [-0.1, -0.05) is 0 Å². The first-order valence-electron chi connectivity index (χ1n) is 6.99. The third-order valence-electron chi connectivity index (χ3n) is 3.02. The summed E-state index contributed by atoms with van der Waals surface area (Å²) in [6, 6.07) is 7.11. The van der Waals surface area contributed by atoms with Crippen molar-refractivity contribution in [3.05, 3.63) is 53.9 Å². The van der Waals surface area contributed by atoms with Gasteiger partial charge in [-0.25, -0.2) is 8.42 Å². The molecule has 26 heavy (non-hydrogen) atoms. The van der Waals surface area contributed by atoms with Crippen LogP contribution in [0.25, 0.3) is 0 Å². The minimum atomic E-state index is -4.56. The number of hydrogen-bond acceptors (Lipinski definition) is 4. The number of alkyl halides is 3. The molecule has 1 aromatic heterocycles. The van der Waals surface area contributed by atoms with Gasteiger partial charge in [-0.15, -0.1) is 4.83 Å². The molecule has 12 heteroatoms. The molecule has 4 N–H and O–H groups in total. The van der Waals surface area contributed by atoms with E-state index in [-0.39, 0.29) is 16.2 Å². The van der Waals surface area contributed by atoms with Gasteiger partial charge < -0.3 is 10.3 Å². The van der Waals surface area contributed by atoms with Gasteiger partial charge in [0.15, 0.2) is 0 Å². The van der Waals surface area contributed by atoms with E-state index in [4.69, 9.17) is 0 Å². The minimum absolute atomic E-state index is 0.129. The van der Waals surface area contributed by atoms with Crippen LogP contribution in [-0.4, -0.2) is 37.9 Å². The van der Waals surface area contributed by atoms with Crippen LogP contribution >= 0.6 is 0 Å². The van der Waals surface area contributed by atoms with E-state index in [0.29, 0.717) is 0 Å². The van der Waals surface area contributed by atoms with Crippen LogP contribution < -0.4 is 15.6 Å². The van der Waals surface area contributed by atoms with Crippen molar-refractivity contribution < 1.29 is 31.2 Å². The van der Waals surface area contributed by atoms with Crippen LogP contribution in [0.15, 0.2) is 47.5 Å². The number of rotatable bonds is 6. The molecule has 2 amide bonds. The number of carbonyl (C=O) groups excluding carboxylic acids is 2. The topological polar surface area (TPSA) is 120 Å². The van der Waals surface area contributed by atoms with Crippen LogP contribution in [0.5, 0.6) is 0 Å². The fourth-order valence-corrected chi connectivity index (χ4v) is 2.62. The lowest BCUT2D eigenvalue weighted by molar-refractivity contribution is -0.123. The number of aromatic nitrogens is 1. The smallest absolute Gasteiger partial charge is 0.357 e. The summed E-state index contributed by atoms with van der Waals surface area (Å²) in [5, 5.41) is 1.66. The van der Waals surface area contributed by atoms with E-state index < -0.39 is 34.6 Å². The Hall–Kier alpha value is -2.86. The van der Waals surface area contributed by atoms with Crippen molar-refractivity contribution in [2.75, 3.05) is 6.54 Å². The normalized spacial score (nSPS) is 11.8. The number of hydrogen-bond donors (Lipinski definition) is 4. The highest BCUT2D eigenvalue weighted by molar-refractivity contribution is 7.89. The predicted molar refractivity (Wildman–Crippen MR) is 83.4 cm³/mol. The van der Waals surface area contributed by atoms with Crippen molar-refractivity contribution in [3.8, 4) is 0 Å². The van der Waals surface area contributed by atoms with Crippen LogP contribution in [0.4, 0.5) is 13.2 Å². The molecular weight excluding hydrogens is 377 g/mol. The van der Waals surface area contributed by atoms with Gasteiger partial charge in [0, 0.05) is 11.8 Å². The second-order valence-electron chi connectivity index (χ2n) is 4.97. The van der Waals surface area contributed by atoms with Gasteiger partial charge in [-0.05, 0) is 36.4 Å². The minimum Gasteiger partial charge on any atom is -0.357 e. The molecule has 140 valence electrons. The molecule has 0 spiro atoms. The van der Waals surface area contributed by atoms with Crippen molar-refractivity contribution >= 4 is 21.8 Å². The number of hydrazine groups is 1. The average Bonchev–Trinajstić information content (AvgIpc) is 3.12. The van der Waals surface area contributed by atoms with E-state index in [1.54, 1.807) is 11.4 Å². The molecular formula is C14H13F3N4O4S. The van der Waals surface area contributed by atoms with Crippen LogP contribution in [0.2, 0.25) is 0 Å². The van der Waals surface area contributed by atoms with Gasteiger partial charge in [-0.3, -0.25) is 15.0 Å². The Labute approximate surface area is 145 Å². The first-order valence-corrected chi connectivity index (χ1v) is 8.47. The average molecular weight is 390 g/mol. The molecule has 1 heterocycles. The molecule has 2 rings (SSSR count). The number of nitrogens with one attached hydrogen (secondary N) is 4. The molecule has 0 aliphatic carbocycles. The van der Waals surface area contributed by atoms with Gasteiger partial charge in [0.25, 0.3) is 21.8 Å². The predicted octanol–water partition coefficient (Wildman–Crippen LogP) is 0.930. The molecule has 8 nitrogen and oxygen atoms in total. The van der Waals surface area contributed by atoms with Crippen LogP contribution in [0, 0.1) is 0 Å². The Morgan fingerprint density at radius 2 is 1.69 bits per heavy atom. The molecule has 0 unspecified atom stereocenters. The van der Waals surface area contributed by atoms with E-state index in [1.807, 2.05) is 10.3 Å². The highest BCUT2D eigenvalue weighted by Crippen LogP contribution is 2.14. The Bertz CT molecular complexity index is 878. The Morgan fingerprint density at radius 1 is 1.04 bits per heavy atom. The summed E-state index contributed by atoms with van der Waals surface area (Å²) in [4.78, 5) is 27.4. The van der Waals surface area contributed by atoms with Crippen LogP contribution in [-0.2, 0) is 10.0 Å². The van der Waals surface area contributed by atoms with Crippen LogP contribution in [0.1, 0.15) is 20.8 Å². The SMILES string of the molecule is O=C(NCC(F)(F)F)c1ccc(S(=O)(=O)NNC(=O)c2ccc[nH]2)cc1. The second-order valence-corrected chi connectivity index (χ2v) is 6.65. The van der Waals surface area contributed by atoms with E-state index in [9.17, 15) is 31.2 Å². The Balaban J connectivity index is 1.99. The molecule has 0 radical (unpaired) electrons. The summed E-state index contributed by atoms with van der Waals surface area (Å²) in [5.74, 6) is -1.72. The Kier molecular flexibility index (Phi) is 5.67. The summed E-state index contributed by atoms with van der Waals surface area (Å²) < 4.78 is 60.3. The maximum absolute atomic E-state index is 12.1. The standard InChI is InChI=1S/C14H13F3N4O4S/c15-14(16,17)8-19-12(22)9-3-5-10(6-4-9)26(24,25)21-20-13(23)11-2-1-7-18-11/h1-7,18,21H,8H2,(H,19,22)(H,20,23). The third kappa shape index (κ3) is 5.32. The van der Waals surface area contributed by atoms with Gasteiger partial charge in [-0.2, -0.15) is 13.2 Å².